The molecule has 122 valence electrons. The number of amides is 1. The number of hydrogen-bond donors (Lipinski definition) is 1. The summed E-state index contributed by atoms with van der Waals surface area (Å²) >= 11 is 0. The van der Waals surface area contributed by atoms with Crippen LogP contribution in [0.15, 0.2) is 18.3 Å². The van der Waals surface area contributed by atoms with Crippen molar-refractivity contribution in [3.8, 4) is 0 Å². The Morgan fingerprint density at radius 2 is 2.22 bits per heavy atom. The van der Waals surface area contributed by atoms with Gasteiger partial charge in [-0.05, 0) is 37.6 Å². The zero-order valence-electron chi connectivity index (χ0n) is 13.2. The van der Waals surface area contributed by atoms with E-state index < -0.39 is 0 Å². The van der Waals surface area contributed by atoms with E-state index in [-0.39, 0.29) is 30.7 Å². The summed E-state index contributed by atoms with van der Waals surface area (Å²) in [6, 6.07) is 1.84. The Bertz CT molecular complexity index is 655. The number of esters is 1. The highest BCUT2D eigenvalue weighted by molar-refractivity contribution is 5.93. The Labute approximate surface area is 134 Å². The van der Waals surface area contributed by atoms with Crippen LogP contribution in [0.25, 0.3) is 6.08 Å². The Kier molecular flexibility index (Phi) is 5.59. The number of hydrogen-bond acceptors (Lipinski definition) is 6. The summed E-state index contributed by atoms with van der Waals surface area (Å²) in [7, 11) is 0. The van der Waals surface area contributed by atoms with E-state index in [1.165, 1.54) is 13.0 Å². The third-order valence-electron chi connectivity index (χ3n) is 3.18. The molecule has 1 amide bonds. The summed E-state index contributed by atoms with van der Waals surface area (Å²) in [5.41, 5.74) is 1.54. The SMILES string of the molecule is CCOC(=O)CN1CC(=O)Nc2ncc(/C=C/C(C)=O)cc2C1. The summed E-state index contributed by atoms with van der Waals surface area (Å²) in [6.07, 6.45) is 4.70. The lowest BCUT2D eigenvalue weighted by molar-refractivity contribution is -0.144. The number of nitrogens with one attached hydrogen (secondary N) is 1. The van der Waals surface area contributed by atoms with Crippen LogP contribution in [-0.2, 0) is 25.7 Å². The first-order valence-corrected chi connectivity index (χ1v) is 7.33. The quantitative estimate of drug-likeness (QED) is 0.644. The van der Waals surface area contributed by atoms with E-state index in [1.54, 1.807) is 24.1 Å². The number of aromatic nitrogens is 1. The number of nitrogens with zero attached hydrogens (tertiary/aromatic N) is 2. The maximum absolute atomic E-state index is 11.9. The molecule has 7 heteroatoms. The van der Waals surface area contributed by atoms with Gasteiger partial charge in [0.15, 0.2) is 5.78 Å². The molecule has 23 heavy (non-hydrogen) atoms. The fourth-order valence-corrected chi connectivity index (χ4v) is 2.24. The third kappa shape index (κ3) is 5.00. The third-order valence-corrected chi connectivity index (χ3v) is 3.18. The van der Waals surface area contributed by atoms with E-state index in [4.69, 9.17) is 4.74 Å². The molecule has 0 saturated heterocycles. The van der Waals surface area contributed by atoms with Gasteiger partial charge >= 0.3 is 5.97 Å². The van der Waals surface area contributed by atoms with Crippen molar-refractivity contribution in [3.63, 3.8) is 0 Å². The van der Waals surface area contributed by atoms with Gasteiger partial charge < -0.3 is 10.1 Å². The van der Waals surface area contributed by atoms with Crippen LogP contribution in [0.1, 0.15) is 25.0 Å². The molecule has 0 atom stereocenters. The van der Waals surface area contributed by atoms with E-state index >= 15 is 0 Å². The summed E-state index contributed by atoms with van der Waals surface area (Å²) in [5, 5.41) is 2.71. The Balaban J connectivity index is 2.20. The maximum atomic E-state index is 11.9. The van der Waals surface area contributed by atoms with Gasteiger partial charge in [0.1, 0.15) is 5.82 Å². The molecule has 0 radical (unpaired) electrons. The standard InChI is InChI=1S/C16H19N3O4/c1-3-23-15(22)10-19-8-13-6-12(5-4-11(2)20)7-17-16(13)18-14(21)9-19/h4-7H,3,8-10H2,1-2H3,(H,17,18,21)/b5-4+. The number of rotatable bonds is 5. The fourth-order valence-electron chi connectivity index (χ4n) is 2.24. The molecular formula is C16H19N3O4. The van der Waals surface area contributed by atoms with Crippen molar-refractivity contribution in [1.29, 1.82) is 0 Å². The molecule has 0 spiro atoms. The van der Waals surface area contributed by atoms with E-state index in [9.17, 15) is 14.4 Å². The molecule has 0 unspecified atom stereocenters. The van der Waals surface area contributed by atoms with Gasteiger partial charge in [-0.15, -0.1) is 0 Å². The van der Waals surface area contributed by atoms with Crippen LogP contribution in [0, 0.1) is 0 Å². The highest BCUT2D eigenvalue weighted by Gasteiger charge is 2.22. The van der Waals surface area contributed by atoms with Crippen molar-refractivity contribution in [2.24, 2.45) is 0 Å². The molecule has 2 rings (SSSR count). The average molecular weight is 317 g/mol. The zero-order chi connectivity index (χ0) is 16.8. The van der Waals surface area contributed by atoms with Crippen LogP contribution < -0.4 is 5.32 Å². The molecule has 1 N–H and O–H groups in total. The van der Waals surface area contributed by atoms with Gasteiger partial charge in [-0.2, -0.15) is 0 Å². The van der Waals surface area contributed by atoms with E-state index in [0.717, 1.165) is 11.1 Å². The molecule has 0 bridgehead atoms. The molecule has 1 aromatic rings. The van der Waals surface area contributed by atoms with Gasteiger partial charge in [0.05, 0.1) is 19.7 Å². The number of ketones is 1. The van der Waals surface area contributed by atoms with Crippen molar-refractivity contribution < 1.29 is 19.1 Å². The number of anilines is 1. The summed E-state index contributed by atoms with van der Waals surface area (Å²) < 4.78 is 4.92. The van der Waals surface area contributed by atoms with Crippen LogP contribution in [0.2, 0.25) is 0 Å². The van der Waals surface area contributed by atoms with Crippen LogP contribution in [-0.4, -0.2) is 47.2 Å². The molecule has 0 aliphatic carbocycles. The lowest BCUT2D eigenvalue weighted by Crippen LogP contribution is -2.35. The van der Waals surface area contributed by atoms with Crippen molar-refractivity contribution in [3.05, 3.63) is 29.5 Å². The second-order valence-electron chi connectivity index (χ2n) is 5.22. The van der Waals surface area contributed by atoms with Crippen LogP contribution in [0.4, 0.5) is 5.82 Å². The van der Waals surface area contributed by atoms with Crippen LogP contribution in [0.5, 0.6) is 0 Å². The fraction of sp³-hybridized carbons (Fsp3) is 0.375. The number of carbonyl (C=O) groups is 3. The van der Waals surface area contributed by atoms with Gasteiger partial charge in [-0.25, -0.2) is 4.98 Å². The first-order chi connectivity index (χ1) is 11.0. The van der Waals surface area contributed by atoms with Gasteiger partial charge in [0, 0.05) is 18.3 Å². The highest BCUT2D eigenvalue weighted by Crippen LogP contribution is 2.20. The van der Waals surface area contributed by atoms with Crippen LogP contribution >= 0.6 is 0 Å². The second kappa shape index (κ2) is 7.64. The molecule has 1 aliphatic heterocycles. The number of pyridine rings is 1. The van der Waals surface area contributed by atoms with E-state index in [0.29, 0.717) is 19.0 Å². The molecule has 1 aliphatic rings. The second-order valence-corrected chi connectivity index (χ2v) is 5.22. The van der Waals surface area contributed by atoms with E-state index in [1.807, 2.05) is 6.07 Å². The van der Waals surface area contributed by atoms with Gasteiger partial charge in [0.2, 0.25) is 5.91 Å². The minimum absolute atomic E-state index is 0.0359. The largest absolute Gasteiger partial charge is 0.465 e. The van der Waals surface area contributed by atoms with Crippen molar-refractivity contribution in [1.82, 2.24) is 9.88 Å². The summed E-state index contributed by atoms with van der Waals surface area (Å²) in [6.45, 7) is 4.02. The van der Waals surface area contributed by atoms with Crippen molar-refractivity contribution in [2.45, 2.75) is 20.4 Å². The Morgan fingerprint density at radius 3 is 2.91 bits per heavy atom. The van der Waals surface area contributed by atoms with Crippen LogP contribution in [0.3, 0.4) is 0 Å². The maximum Gasteiger partial charge on any atom is 0.320 e. The lowest BCUT2D eigenvalue weighted by Gasteiger charge is -2.17. The molecular weight excluding hydrogens is 298 g/mol. The zero-order valence-corrected chi connectivity index (χ0v) is 13.2. The number of carbonyl (C=O) groups excluding carboxylic acids is 3. The van der Waals surface area contributed by atoms with Gasteiger partial charge in [-0.1, -0.05) is 0 Å². The van der Waals surface area contributed by atoms with Gasteiger partial charge in [0.25, 0.3) is 0 Å². The lowest BCUT2D eigenvalue weighted by atomic mass is 10.1. The number of fused-ring (bicyclic) bond motifs is 1. The summed E-state index contributed by atoms with van der Waals surface area (Å²) in [4.78, 5) is 40.4. The smallest absolute Gasteiger partial charge is 0.320 e. The Hall–Kier alpha value is -2.54. The van der Waals surface area contributed by atoms with Crippen molar-refractivity contribution >= 4 is 29.6 Å². The molecule has 2 heterocycles. The molecule has 0 saturated carbocycles. The molecule has 0 aromatic carbocycles. The molecule has 1 aromatic heterocycles. The monoisotopic (exact) mass is 317 g/mol. The highest BCUT2D eigenvalue weighted by atomic mass is 16.5. The van der Waals surface area contributed by atoms with Crippen molar-refractivity contribution in [2.75, 3.05) is 25.0 Å². The normalized spacial score (nSPS) is 15.0. The predicted octanol–water partition coefficient (Wildman–Crippen LogP) is 1.00. The average Bonchev–Trinajstić information content (AvgIpc) is 2.62. The van der Waals surface area contributed by atoms with E-state index in [2.05, 4.69) is 10.3 Å². The van der Waals surface area contributed by atoms with Gasteiger partial charge in [-0.3, -0.25) is 19.3 Å². The first kappa shape index (κ1) is 16.8. The topological polar surface area (TPSA) is 88.6 Å². The predicted molar refractivity (Wildman–Crippen MR) is 84.5 cm³/mol. The minimum atomic E-state index is -0.371. The molecule has 7 nitrogen and oxygen atoms in total. The minimum Gasteiger partial charge on any atom is -0.465 e. The Morgan fingerprint density at radius 1 is 1.43 bits per heavy atom. The number of ether oxygens (including phenoxy) is 1. The number of allylic oxidation sites excluding steroid dienone is 1. The molecule has 0 fully saturated rings. The first-order valence-electron chi connectivity index (χ1n) is 7.33. The summed E-state index contributed by atoms with van der Waals surface area (Å²) in [5.74, 6) is -0.185.